The number of carboxylic acids is 1. The number of ketones is 3. The Hall–Kier alpha value is 4.38. The molecule has 0 aliphatic heterocycles. The maximum absolute atomic E-state index is 10.3. The fourth-order valence-corrected chi connectivity index (χ4v) is 2.24. The molecule has 3 aliphatic rings. The van der Waals surface area contributed by atoms with Crippen molar-refractivity contribution in [2.24, 2.45) is 0 Å². The number of hydrogen-bond acceptors (Lipinski definition) is 4. The van der Waals surface area contributed by atoms with Gasteiger partial charge in [0.25, 0.3) is 0 Å². The largest absolute Gasteiger partial charge is 0.478 e. The van der Waals surface area contributed by atoms with Crippen LogP contribution >= 0.6 is 37.2 Å². The van der Waals surface area contributed by atoms with Gasteiger partial charge in [0.2, 0.25) is 0 Å². The standard InChI is InChI=1S/C6H8O2.3C6H6O.2C6H10.6C2H6.5CH4.6Ar.I2/c1-2-3-4-5-6(7)8;3*7-6-4-2-1-3-5-6;2*1-3-5-6-4-2;6*1-2;;;;;;;;;;;;1-2/h2,4-5H,1,3H2,(H,7,8);3*2-5H,1H2;2*3-4,6H,1,5H2,2H3;6*1-2H3;5*1H4;;;;;;;/b5-4-;;;;2*6-4-;;;;;;;;;;;;;;;;;;. The van der Waals surface area contributed by atoms with Crippen LogP contribution in [0.5, 0.6) is 0 Å². The van der Waals surface area contributed by atoms with Crippen LogP contribution in [0.2, 0.25) is 0 Å². The number of aliphatic carboxylic acids is 1. The molecule has 0 aromatic rings. The van der Waals surface area contributed by atoms with E-state index in [1.807, 2.05) is 158 Å². The Balaban J connectivity index is -0.0000000178. The summed E-state index contributed by atoms with van der Waals surface area (Å²) in [5, 5.41) is 8.02. The molecule has 13 heteroatoms. The van der Waals surface area contributed by atoms with Gasteiger partial charge in [-0.25, -0.2) is 4.79 Å². The summed E-state index contributed by atoms with van der Waals surface area (Å²) in [7, 11) is 0. The predicted octanol–water partition coefficient (Wildman–Crippen LogP) is 19.8. The van der Waals surface area contributed by atoms with Crippen molar-refractivity contribution in [2.45, 2.75) is 173 Å². The number of carbonyl (C=O) groups excluding carboxylic acids is 3. The number of hydrogen-bond donors (Lipinski definition) is 1. The third-order valence-electron chi connectivity index (χ3n) is 4.15. The Kier molecular flexibility index (Phi) is 363. The van der Waals surface area contributed by atoms with Crippen molar-refractivity contribution < 1.29 is 251 Å². The second-order valence-corrected chi connectivity index (χ2v) is 7.78. The molecule has 0 aromatic carbocycles. The molecule has 5 nitrogen and oxygen atoms in total. The molecule has 1 N–H and O–H groups in total. The molecule has 0 aromatic heterocycles. The van der Waals surface area contributed by atoms with Crippen LogP contribution in [0, 0.1) is 226 Å². The normalized spacial score (nSPS) is 9.24. The van der Waals surface area contributed by atoms with Crippen molar-refractivity contribution in [2.75, 3.05) is 0 Å². The molecule has 3 aliphatic carbocycles. The fraction of sp³-hybridized carbons (Fsp3) is 0.472. The van der Waals surface area contributed by atoms with Gasteiger partial charge in [0.05, 0.1) is 0 Å². The summed E-state index contributed by atoms with van der Waals surface area (Å²) in [4.78, 5) is 40.6. The Labute approximate surface area is 618 Å². The van der Waals surface area contributed by atoms with Crippen LogP contribution in [0.1, 0.15) is 173 Å². The monoisotopic (exact) mass is 1310 g/mol. The van der Waals surface area contributed by atoms with E-state index >= 15 is 0 Å². The van der Waals surface area contributed by atoms with Crippen LogP contribution in [0.15, 0.2) is 147 Å². The van der Waals surface area contributed by atoms with Gasteiger partial charge in [0.1, 0.15) is 0 Å². The number of carboxylic acid groups (broad SMARTS) is 1. The van der Waals surface area contributed by atoms with Crippen molar-refractivity contribution in [1.82, 2.24) is 0 Å². The molecule has 0 heterocycles. The molecule has 406 valence electrons. The number of carbonyl (C=O) groups is 4. The summed E-state index contributed by atoms with van der Waals surface area (Å²) in [5.74, 6) is -0.601. The molecule has 66 heavy (non-hydrogen) atoms. The van der Waals surface area contributed by atoms with E-state index in [4.69, 9.17) is 5.11 Å². The van der Waals surface area contributed by atoms with Gasteiger partial charge in [-0.15, -0.1) is 19.7 Å². The predicted molar refractivity (Wildman–Crippen MR) is 304 cm³/mol. The topological polar surface area (TPSA) is 88.5 Å². The SMILES string of the molecule is C.C.C.C.C.C=CC/C=C\C.C=CC/C=C\C.C=CC/C=C\C(=O)O.CC.CC.CC.CC.CC.CC.II.O=C1C=CCC=C1.O=C1C=CCC=C1.O=C1C=CCC=C1.[Ar].[Ar].[Ar].[Ar].[Ar].[Ar]. The van der Waals surface area contributed by atoms with Gasteiger partial charge < -0.3 is 5.11 Å². The molecule has 0 fully saturated rings. The maximum Gasteiger partial charge on any atom is 0.327 e. The summed E-state index contributed by atoms with van der Waals surface area (Å²) in [6.45, 7) is 38.5. The molecule has 0 atom stereocenters. The van der Waals surface area contributed by atoms with Crippen molar-refractivity contribution in [3.05, 3.63) is 147 Å². The quantitative estimate of drug-likeness (QED) is 0.156. The van der Waals surface area contributed by atoms with Crippen LogP contribution in [0.3, 0.4) is 0 Å². The summed E-state index contributed by atoms with van der Waals surface area (Å²) in [6, 6.07) is 0. The Morgan fingerprint density at radius 2 is 0.621 bits per heavy atom. The van der Waals surface area contributed by atoms with Gasteiger partial charge in [-0.2, -0.15) is 0 Å². The van der Waals surface area contributed by atoms with Crippen LogP contribution in [0.25, 0.3) is 0 Å². The zero-order valence-corrected chi connectivity index (χ0v) is 48.0. The first-order chi connectivity index (χ1) is 26.8. The van der Waals surface area contributed by atoms with Crippen LogP contribution in [0.4, 0.5) is 0 Å². The van der Waals surface area contributed by atoms with Crippen molar-refractivity contribution >= 4 is 60.6 Å². The molecule has 0 bridgehead atoms. The van der Waals surface area contributed by atoms with E-state index in [-0.39, 0.29) is 281 Å². The van der Waals surface area contributed by atoms with Crippen molar-refractivity contribution in [1.29, 1.82) is 0 Å². The summed E-state index contributed by atoms with van der Waals surface area (Å²) in [5.41, 5.74) is 0. The Morgan fingerprint density at radius 1 is 0.455 bits per heavy atom. The van der Waals surface area contributed by atoms with Gasteiger partial charge in [-0.1, -0.05) is 205 Å². The summed E-state index contributed by atoms with van der Waals surface area (Å²) >= 11 is 4.24. The van der Waals surface area contributed by atoms with Crippen molar-refractivity contribution in [3.63, 3.8) is 0 Å². The average molecular weight is 1310 g/mol. The molecule has 0 saturated heterocycles. The summed E-state index contributed by atoms with van der Waals surface area (Å²) < 4.78 is 0. The van der Waals surface area contributed by atoms with E-state index in [9.17, 15) is 19.2 Å². The number of rotatable bonds is 7. The molecule has 0 spiro atoms. The zero-order chi connectivity index (χ0) is 45.4. The smallest absolute Gasteiger partial charge is 0.327 e. The van der Waals surface area contributed by atoms with Crippen molar-refractivity contribution in [3.8, 4) is 0 Å². The molecule has 0 unspecified atom stereocenters. The third-order valence-corrected chi connectivity index (χ3v) is 4.15. The van der Waals surface area contributed by atoms with E-state index in [1.54, 1.807) is 42.5 Å². The van der Waals surface area contributed by atoms with Gasteiger partial charge in [-0.05, 0) is 88.8 Å². The van der Waals surface area contributed by atoms with Gasteiger partial charge in [-0.3, -0.25) is 14.4 Å². The number of halogens is 2. The molecular weight excluding hydrogens is 1210 g/mol. The molecule has 0 radical (unpaired) electrons. The molecule has 3 rings (SSSR count). The van der Waals surface area contributed by atoms with E-state index in [0.717, 1.165) is 38.2 Å². The molecule has 0 saturated carbocycles. The Bertz CT molecular complexity index is 941. The van der Waals surface area contributed by atoms with Gasteiger partial charge in [0.15, 0.2) is 17.3 Å². The van der Waals surface area contributed by atoms with Crippen LogP contribution in [-0.4, -0.2) is 28.4 Å². The molecular formula is C53H102Ar6I2O5. The first kappa shape index (κ1) is 139. The fourth-order valence-electron chi connectivity index (χ4n) is 2.24. The van der Waals surface area contributed by atoms with E-state index in [1.165, 1.54) is 6.08 Å². The van der Waals surface area contributed by atoms with Gasteiger partial charge in [0, 0.05) is 270 Å². The second kappa shape index (κ2) is 172. The minimum absolute atomic E-state index is 0. The maximum atomic E-state index is 10.3. The second-order valence-electron chi connectivity index (χ2n) is 7.78. The summed E-state index contributed by atoms with van der Waals surface area (Å²) in [6.07, 6.45) is 42.1. The van der Waals surface area contributed by atoms with Crippen LogP contribution < -0.4 is 0 Å². The minimum Gasteiger partial charge on any atom is -0.478 e. The third kappa shape index (κ3) is 200. The first-order valence-electron chi connectivity index (χ1n) is 19.5. The minimum atomic E-state index is -0.910. The van der Waals surface area contributed by atoms with E-state index < -0.39 is 5.97 Å². The Morgan fingerprint density at radius 3 is 0.712 bits per heavy atom. The van der Waals surface area contributed by atoms with E-state index in [2.05, 4.69) is 69.1 Å². The average Bonchev–Trinajstić information content (AvgIpc) is 3.26. The van der Waals surface area contributed by atoms with Crippen LogP contribution in [-0.2, 0) is 19.2 Å². The number of allylic oxidation sites excluding steroid dienone is 20. The van der Waals surface area contributed by atoms with E-state index in [0.29, 0.717) is 6.42 Å². The van der Waals surface area contributed by atoms with Gasteiger partial charge >= 0.3 is 5.97 Å². The molecule has 0 amide bonds. The first-order valence-corrected chi connectivity index (χ1v) is 25.8. The zero-order valence-electron chi connectivity index (χ0n) is 39.4.